The van der Waals surface area contributed by atoms with Gasteiger partial charge in [0.2, 0.25) is 11.8 Å². The maximum Gasteiger partial charge on any atom is 0.317 e. The molecular formula is C50H67N7O8S. The Bertz CT molecular complexity index is 2410. The summed E-state index contributed by atoms with van der Waals surface area (Å²) in [6.07, 6.45) is 3.90. The van der Waals surface area contributed by atoms with Crippen LogP contribution in [-0.4, -0.2) is 113 Å². The molecule has 2 aromatic carbocycles. The number of methoxy groups -OCH3 is 2. The molecule has 2 aliphatic heterocycles. The molecule has 16 heteroatoms. The summed E-state index contributed by atoms with van der Waals surface area (Å²) in [4.78, 5) is 78.4. The maximum atomic E-state index is 14.1. The number of urea groups is 1. The van der Waals surface area contributed by atoms with Crippen LogP contribution in [0, 0.1) is 18.3 Å². The minimum atomic E-state index is -0.841. The fourth-order valence-electron chi connectivity index (χ4n) is 9.02. The molecule has 1 fully saturated rings. The van der Waals surface area contributed by atoms with E-state index in [9.17, 15) is 29.1 Å². The molecule has 4 heterocycles. The first-order valence-corrected chi connectivity index (χ1v) is 23.7. The molecule has 6 rings (SSSR count). The van der Waals surface area contributed by atoms with Crippen LogP contribution in [0.2, 0.25) is 0 Å². The van der Waals surface area contributed by atoms with Crippen molar-refractivity contribution < 1.29 is 33.8 Å². The molecule has 0 aliphatic carbocycles. The Morgan fingerprint density at radius 2 is 1.68 bits per heavy atom. The standard InChI is InChI=1S/C50H67N7O8S/c1-31-45(66-30-53-31)33-16-14-32(15-17-33)25-52-46(60)42-24-36(59)26-57(42)48(62)41(50(2,3)4)23-35(58)13-11-10-12-19-51-49(63)56-20-18-37-38(28-55(7)47(61)39(37)29-56)34-21-43(64-8)40(27-54(5)6)44(22-34)65-9/h14-17,21-22,28,30,36,41-42,59H,10-13,18-20,23-27,29H2,1-9H3,(H,51,63)(H,52,60)/t36-,41-,42+/m1/s1. The molecule has 0 spiro atoms. The van der Waals surface area contributed by atoms with E-state index in [4.69, 9.17) is 9.47 Å². The lowest BCUT2D eigenvalue weighted by Crippen LogP contribution is -2.50. The van der Waals surface area contributed by atoms with Gasteiger partial charge in [0.1, 0.15) is 23.3 Å². The van der Waals surface area contributed by atoms with Crippen molar-refractivity contribution >= 4 is 35.0 Å². The molecule has 66 heavy (non-hydrogen) atoms. The Kier molecular flexibility index (Phi) is 16.5. The number of amides is 4. The van der Waals surface area contributed by atoms with E-state index in [1.807, 2.05) is 94.8 Å². The van der Waals surface area contributed by atoms with Crippen LogP contribution in [0.4, 0.5) is 4.79 Å². The summed E-state index contributed by atoms with van der Waals surface area (Å²) in [5.74, 6) is 0.0342. The van der Waals surface area contributed by atoms with Crippen LogP contribution in [-0.2, 0) is 47.5 Å². The number of pyridine rings is 1. The van der Waals surface area contributed by atoms with Gasteiger partial charge in [-0.2, -0.15) is 0 Å². The van der Waals surface area contributed by atoms with Gasteiger partial charge >= 0.3 is 6.03 Å². The first-order chi connectivity index (χ1) is 31.4. The lowest BCUT2D eigenvalue weighted by atomic mass is 9.76. The van der Waals surface area contributed by atoms with Crippen molar-refractivity contribution in [1.82, 2.24) is 34.9 Å². The summed E-state index contributed by atoms with van der Waals surface area (Å²) in [6, 6.07) is 10.8. The monoisotopic (exact) mass is 925 g/mol. The second-order valence-electron chi connectivity index (χ2n) is 19.0. The molecular weight excluding hydrogens is 859 g/mol. The highest BCUT2D eigenvalue weighted by Gasteiger charge is 2.44. The Balaban J connectivity index is 0.973. The van der Waals surface area contributed by atoms with Gasteiger partial charge in [-0.3, -0.25) is 19.2 Å². The third-order valence-electron chi connectivity index (χ3n) is 12.7. The van der Waals surface area contributed by atoms with Crippen LogP contribution in [0.3, 0.4) is 0 Å². The second kappa shape index (κ2) is 21.8. The summed E-state index contributed by atoms with van der Waals surface area (Å²) in [7, 11) is 8.95. The van der Waals surface area contributed by atoms with E-state index in [1.54, 1.807) is 42.1 Å². The van der Waals surface area contributed by atoms with Gasteiger partial charge in [0.25, 0.3) is 5.56 Å². The van der Waals surface area contributed by atoms with Crippen molar-refractivity contribution in [3.05, 3.63) is 86.4 Å². The number of nitrogens with zero attached hydrogens (tertiary/aromatic N) is 5. The SMILES string of the molecule is COc1cc(-c2cn(C)c(=O)c3c2CCN(C(=O)NCCCCCC(=O)C[C@H](C(=O)N2C[C@H](O)C[C@H]2C(=O)NCc2ccc(-c4scnc4C)cc2)C(C)(C)C)C3)cc(OC)c1CN(C)C. The number of unbranched alkanes of at least 4 members (excludes halogenated alkanes) is 2. The molecule has 1 saturated heterocycles. The number of Topliss-reactive ketones (excluding diaryl/α,β-unsaturated/α-hetero) is 1. The van der Waals surface area contributed by atoms with E-state index in [0.29, 0.717) is 62.4 Å². The molecule has 0 saturated carbocycles. The fourth-order valence-corrected chi connectivity index (χ4v) is 9.84. The number of carbonyl (C=O) groups excluding carboxylic acids is 4. The van der Waals surface area contributed by atoms with Crippen LogP contribution < -0.4 is 25.7 Å². The number of aliphatic hydroxyl groups excluding tert-OH is 1. The molecule has 15 nitrogen and oxygen atoms in total. The average molecular weight is 926 g/mol. The van der Waals surface area contributed by atoms with Crippen LogP contribution in [0.25, 0.3) is 21.6 Å². The lowest BCUT2D eigenvalue weighted by Gasteiger charge is -2.34. The predicted molar refractivity (Wildman–Crippen MR) is 256 cm³/mol. The zero-order chi connectivity index (χ0) is 47.9. The summed E-state index contributed by atoms with van der Waals surface area (Å²) in [6.45, 7) is 9.70. The van der Waals surface area contributed by atoms with E-state index in [0.717, 1.165) is 44.0 Å². The molecule has 2 aliphatic rings. The lowest BCUT2D eigenvalue weighted by molar-refractivity contribution is -0.146. The number of aliphatic hydroxyl groups is 1. The number of thiazole rings is 1. The third kappa shape index (κ3) is 11.9. The number of aromatic nitrogens is 2. The minimum Gasteiger partial charge on any atom is -0.496 e. The van der Waals surface area contributed by atoms with Gasteiger partial charge in [0.05, 0.1) is 48.5 Å². The zero-order valence-electron chi connectivity index (χ0n) is 40.0. The van der Waals surface area contributed by atoms with E-state index >= 15 is 0 Å². The topological polar surface area (TPSA) is 176 Å². The van der Waals surface area contributed by atoms with Crippen molar-refractivity contribution in [1.29, 1.82) is 0 Å². The van der Waals surface area contributed by atoms with E-state index < -0.39 is 23.5 Å². The molecule has 0 unspecified atom stereocenters. The number of aryl methyl sites for hydroxylation is 2. The molecule has 3 N–H and O–H groups in total. The van der Waals surface area contributed by atoms with E-state index in [2.05, 4.69) is 15.6 Å². The Labute approximate surface area is 392 Å². The highest BCUT2D eigenvalue weighted by Crippen LogP contribution is 2.39. The summed E-state index contributed by atoms with van der Waals surface area (Å²) < 4.78 is 13.1. The molecule has 3 atom stereocenters. The fraction of sp³-hybridized carbons (Fsp3) is 0.520. The molecule has 0 bridgehead atoms. The highest BCUT2D eigenvalue weighted by molar-refractivity contribution is 7.13. The summed E-state index contributed by atoms with van der Waals surface area (Å²) in [5, 5.41) is 16.6. The number of ketones is 1. The van der Waals surface area contributed by atoms with Crippen LogP contribution >= 0.6 is 11.3 Å². The number of rotatable bonds is 18. The number of benzene rings is 2. The number of hydrogen-bond donors (Lipinski definition) is 3. The second-order valence-corrected chi connectivity index (χ2v) is 19.8. The molecule has 2 aromatic heterocycles. The quantitative estimate of drug-likeness (QED) is 0.0991. The Morgan fingerprint density at radius 3 is 2.30 bits per heavy atom. The minimum absolute atomic E-state index is 0.0329. The van der Waals surface area contributed by atoms with Crippen molar-refractivity contribution in [2.24, 2.45) is 18.4 Å². The number of carbonyl (C=O) groups is 4. The number of fused-ring (bicyclic) bond motifs is 1. The van der Waals surface area contributed by atoms with Crippen molar-refractivity contribution in [2.75, 3.05) is 47.9 Å². The van der Waals surface area contributed by atoms with Crippen molar-refractivity contribution in [3.8, 4) is 33.1 Å². The van der Waals surface area contributed by atoms with E-state index in [-0.39, 0.29) is 68.1 Å². The number of nitrogens with one attached hydrogen (secondary N) is 2. The predicted octanol–water partition coefficient (Wildman–Crippen LogP) is 6.09. The molecule has 4 amide bonds. The molecule has 4 aromatic rings. The van der Waals surface area contributed by atoms with Crippen molar-refractivity contribution in [2.45, 2.75) is 104 Å². The van der Waals surface area contributed by atoms with Crippen LogP contribution in [0.15, 0.2) is 52.9 Å². The van der Waals surface area contributed by atoms with Gasteiger partial charge in [-0.25, -0.2) is 9.78 Å². The number of β-amino-alcohol motifs (C(OH)–C–C–N with tert-alkyl or cyclic N) is 1. The van der Waals surface area contributed by atoms with Gasteiger partial charge in [-0.05, 0) is 80.1 Å². The largest absolute Gasteiger partial charge is 0.496 e. The van der Waals surface area contributed by atoms with Gasteiger partial charge in [0, 0.05) is 82.3 Å². The van der Waals surface area contributed by atoms with Gasteiger partial charge in [-0.15, -0.1) is 11.3 Å². The first kappa shape index (κ1) is 49.8. The van der Waals surface area contributed by atoms with Crippen molar-refractivity contribution in [3.63, 3.8) is 0 Å². The normalized spacial score (nSPS) is 16.5. The summed E-state index contributed by atoms with van der Waals surface area (Å²) >= 11 is 1.58. The van der Waals surface area contributed by atoms with Gasteiger partial charge in [0.15, 0.2) is 0 Å². The number of likely N-dealkylation sites (tertiary alicyclic amines) is 1. The van der Waals surface area contributed by atoms with E-state index in [1.165, 1.54) is 4.90 Å². The molecule has 0 radical (unpaired) electrons. The zero-order valence-corrected chi connectivity index (χ0v) is 40.8. The number of ether oxygens (including phenoxy) is 2. The Hall–Kier alpha value is -5.58. The summed E-state index contributed by atoms with van der Waals surface area (Å²) in [5.41, 5.74) is 8.22. The van der Waals surface area contributed by atoms with Gasteiger partial charge in [-0.1, -0.05) is 51.5 Å². The van der Waals surface area contributed by atoms with Crippen LogP contribution in [0.1, 0.15) is 87.2 Å². The third-order valence-corrected chi connectivity index (χ3v) is 13.7. The number of hydrogen-bond acceptors (Lipinski definition) is 11. The highest BCUT2D eigenvalue weighted by atomic mass is 32.1. The van der Waals surface area contributed by atoms with Gasteiger partial charge < -0.3 is 44.5 Å². The smallest absolute Gasteiger partial charge is 0.317 e. The van der Waals surface area contributed by atoms with Crippen LogP contribution in [0.5, 0.6) is 11.5 Å². The molecule has 356 valence electrons. The maximum absolute atomic E-state index is 14.1. The average Bonchev–Trinajstić information content (AvgIpc) is 3.91. The Morgan fingerprint density at radius 1 is 0.985 bits per heavy atom. The first-order valence-electron chi connectivity index (χ1n) is 22.8.